The lowest BCUT2D eigenvalue weighted by molar-refractivity contribution is -0.123. The van der Waals surface area contributed by atoms with Crippen LogP contribution in [0.15, 0.2) is 64.1 Å². The van der Waals surface area contributed by atoms with Crippen molar-refractivity contribution in [1.82, 2.24) is 5.43 Å². The molecular formula is C21H19ClN2O3. The van der Waals surface area contributed by atoms with Gasteiger partial charge in [0.2, 0.25) is 0 Å². The molecule has 0 fully saturated rings. The van der Waals surface area contributed by atoms with Crippen LogP contribution in [0.25, 0.3) is 11.3 Å². The predicted octanol–water partition coefficient (Wildman–Crippen LogP) is 4.75. The Bertz CT molecular complexity index is 979. The molecule has 1 N–H and O–H groups in total. The summed E-state index contributed by atoms with van der Waals surface area (Å²) >= 11 is 6.15. The van der Waals surface area contributed by atoms with Crippen molar-refractivity contribution in [2.75, 3.05) is 6.61 Å². The molecule has 0 bridgehead atoms. The van der Waals surface area contributed by atoms with Crippen molar-refractivity contribution in [3.63, 3.8) is 0 Å². The molecule has 1 aromatic heterocycles. The summed E-state index contributed by atoms with van der Waals surface area (Å²) in [7, 11) is 0. The Labute approximate surface area is 162 Å². The largest absolute Gasteiger partial charge is 0.484 e. The average molecular weight is 383 g/mol. The minimum absolute atomic E-state index is 0.122. The van der Waals surface area contributed by atoms with E-state index in [0.29, 0.717) is 22.3 Å². The SMILES string of the molecule is Cc1ccc(OCC(=O)N/N=C/c2ccc(-c3ccccc3Cl)o2)cc1C. The van der Waals surface area contributed by atoms with E-state index < -0.39 is 0 Å². The number of aryl methyl sites for hydroxylation is 2. The summed E-state index contributed by atoms with van der Waals surface area (Å²) in [4.78, 5) is 11.8. The third kappa shape index (κ3) is 4.99. The van der Waals surface area contributed by atoms with E-state index in [1.54, 1.807) is 18.2 Å². The van der Waals surface area contributed by atoms with Crippen molar-refractivity contribution in [3.8, 4) is 17.1 Å². The monoisotopic (exact) mass is 382 g/mol. The van der Waals surface area contributed by atoms with Gasteiger partial charge in [-0.1, -0.05) is 29.8 Å². The van der Waals surface area contributed by atoms with Crippen LogP contribution in [0.4, 0.5) is 0 Å². The highest BCUT2D eigenvalue weighted by molar-refractivity contribution is 6.33. The number of ether oxygens (including phenoxy) is 1. The van der Waals surface area contributed by atoms with Gasteiger partial charge in [0.05, 0.1) is 11.2 Å². The van der Waals surface area contributed by atoms with Crippen molar-refractivity contribution in [1.29, 1.82) is 0 Å². The van der Waals surface area contributed by atoms with Gasteiger partial charge in [-0.05, 0) is 61.4 Å². The zero-order chi connectivity index (χ0) is 19.2. The Kier molecular flexibility index (Phi) is 5.94. The van der Waals surface area contributed by atoms with Gasteiger partial charge in [-0.3, -0.25) is 4.79 Å². The Balaban J connectivity index is 1.52. The molecule has 27 heavy (non-hydrogen) atoms. The summed E-state index contributed by atoms with van der Waals surface area (Å²) in [6, 6.07) is 16.6. The van der Waals surface area contributed by atoms with Gasteiger partial charge < -0.3 is 9.15 Å². The van der Waals surface area contributed by atoms with Gasteiger partial charge in [-0.2, -0.15) is 5.10 Å². The Hall–Kier alpha value is -3.05. The standard InChI is InChI=1S/C21H19ClN2O3/c1-14-7-8-16(11-15(14)2)26-13-21(25)24-23-12-17-9-10-20(27-17)18-5-3-4-6-19(18)22/h3-12H,13H2,1-2H3,(H,24,25)/b23-12+. The van der Waals surface area contributed by atoms with E-state index in [1.165, 1.54) is 11.8 Å². The first-order valence-corrected chi connectivity index (χ1v) is 8.77. The zero-order valence-electron chi connectivity index (χ0n) is 15.0. The highest BCUT2D eigenvalue weighted by atomic mass is 35.5. The number of furan rings is 1. The quantitative estimate of drug-likeness (QED) is 0.494. The lowest BCUT2D eigenvalue weighted by Crippen LogP contribution is -2.24. The van der Waals surface area contributed by atoms with Gasteiger partial charge >= 0.3 is 0 Å². The maximum atomic E-state index is 11.8. The normalized spacial score (nSPS) is 10.9. The van der Waals surface area contributed by atoms with Gasteiger partial charge in [-0.25, -0.2) is 5.43 Å². The first kappa shape index (κ1) is 18.7. The minimum atomic E-state index is -0.359. The number of hydrogen-bond acceptors (Lipinski definition) is 4. The summed E-state index contributed by atoms with van der Waals surface area (Å²) in [5.41, 5.74) is 5.48. The maximum absolute atomic E-state index is 11.8. The van der Waals surface area contributed by atoms with Crippen molar-refractivity contribution in [2.45, 2.75) is 13.8 Å². The smallest absolute Gasteiger partial charge is 0.277 e. The molecule has 0 saturated carbocycles. The molecule has 1 amide bonds. The topological polar surface area (TPSA) is 63.8 Å². The van der Waals surface area contributed by atoms with E-state index in [4.69, 9.17) is 20.8 Å². The second kappa shape index (κ2) is 8.56. The van der Waals surface area contributed by atoms with Crippen LogP contribution in [0.5, 0.6) is 5.75 Å². The lowest BCUT2D eigenvalue weighted by atomic mass is 10.1. The van der Waals surface area contributed by atoms with E-state index >= 15 is 0 Å². The molecule has 6 heteroatoms. The van der Waals surface area contributed by atoms with Crippen LogP contribution in [0, 0.1) is 13.8 Å². The van der Waals surface area contributed by atoms with Crippen LogP contribution in [-0.2, 0) is 4.79 Å². The minimum Gasteiger partial charge on any atom is -0.484 e. The number of carbonyl (C=O) groups is 1. The summed E-state index contributed by atoms with van der Waals surface area (Å²) < 4.78 is 11.1. The highest BCUT2D eigenvalue weighted by Gasteiger charge is 2.07. The van der Waals surface area contributed by atoms with Crippen molar-refractivity contribution < 1.29 is 13.9 Å². The highest BCUT2D eigenvalue weighted by Crippen LogP contribution is 2.28. The molecular weight excluding hydrogens is 364 g/mol. The fourth-order valence-corrected chi connectivity index (χ4v) is 2.61. The first-order valence-electron chi connectivity index (χ1n) is 8.39. The average Bonchev–Trinajstić information content (AvgIpc) is 3.12. The number of carbonyl (C=O) groups excluding carboxylic acids is 1. The molecule has 2 aromatic carbocycles. The Morgan fingerprint density at radius 1 is 1.15 bits per heavy atom. The van der Waals surface area contributed by atoms with Crippen LogP contribution in [-0.4, -0.2) is 18.7 Å². The number of amides is 1. The van der Waals surface area contributed by atoms with E-state index in [0.717, 1.165) is 11.1 Å². The maximum Gasteiger partial charge on any atom is 0.277 e. The third-order valence-corrected chi connectivity index (χ3v) is 4.33. The molecule has 0 unspecified atom stereocenters. The zero-order valence-corrected chi connectivity index (χ0v) is 15.8. The third-order valence-electron chi connectivity index (χ3n) is 4.00. The molecule has 3 aromatic rings. The summed E-state index contributed by atoms with van der Waals surface area (Å²) in [6.45, 7) is 3.89. The molecule has 3 rings (SSSR count). The fourth-order valence-electron chi connectivity index (χ4n) is 2.38. The molecule has 1 heterocycles. The van der Waals surface area contributed by atoms with Crippen LogP contribution in [0.3, 0.4) is 0 Å². The second-order valence-electron chi connectivity index (χ2n) is 6.01. The number of nitrogens with one attached hydrogen (secondary N) is 1. The van der Waals surface area contributed by atoms with Crippen LogP contribution >= 0.6 is 11.6 Å². The molecule has 0 aliphatic carbocycles. The summed E-state index contributed by atoms with van der Waals surface area (Å²) in [5, 5.41) is 4.49. The fraction of sp³-hybridized carbons (Fsp3) is 0.143. The molecule has 0 atom stereocenters. The first-order chi connectivity index (χ1) is 13.0. The second-order valence-corrected chi connectivity index (χ2v) is 6.42. The number of hydrazone groups is 1. The van der Waals surface area contributed by atoms with Crippen molar-refractivity contribution >= 4 is 23.7 Å². The number of hydrogen-bond donors (Lipinski definition) is 1. The van der Waals surface area contributed by atoms with Gasteiger partial charge in [0.15, 0.2) is 6.61 Å². The summed E-state index contributed by atoms with van der Waals surface area (Å²) in [6.07, 6.45) is 1.42. The number of halogens is 1. The van der Waals surface area contributed by atoms with Gasteiger partial charge in [0, 0.05) is 5.56 Å². The number of rotatable bonds is 6. The molecule has 0 aliphatic rings. The van der Waals surface area contributed by atoms with Gasteiger partial charge in [0.1, 0.15) is 17.3 Å². The van der Waals surface area contributed by atoms with E-state index in [-0.39, 0.29) is 12.5 Å². The molecule has 0 radical (unpaired) electrons. The van der Waals surface area contributed by atoms with E-state index in [2.05, 4.69) is 10.5 Å². The lowest BCUT2D eigenvalue weighted by Gasteiger charge is -2.07. The number of nitrogens with zero attached hydrogens (tertiary/aromatic N) is 1. The predicted molar refractivity (Wildman–Crippen MR) is 106 cm³/mol. The molecule has 0 aliphatic heterocycles. The molecule has 0 saturated heterocycles. The van der Waals surface area contributed by atoms with Crippen LogP contribution in [0.1, 0.15) is 16.9 Å². The molecule has 5 nitrogen and oxygen atoms in total. The number of benzene rings is 2. The van der Waals surface area contributed by atoms with Crippen LogP contribution in [0.2, 0.25) is 5.02 Å². The summed E-state index contributed by atoms with van der Waals surface area (Å²) in [5.74, 6) is 1.42. The van der Waals surface area contributed by atoms with Gasteiger partial charge in [-0.15, -0.1) is 0 Å². The van der Waals surface area contributed by atoms with E-state index in [1.807, 2.05) is 50.2 Å². The van der Waals surface area contributed by atoms with Gasteiger partial charge in [0.25, 0.3) is 5.91 Å². The molecule has 138 valence electrons. The van der Waals surface area contributed by atoms with Crippen molar-refractivity contribution in [3.05, 3.63) is 76.5 Å². The van der Waals surface area contributed by atoms with Crippen molar-refractivity contribution in [2.24, 2.45) is 5.10 Å². The Morgan fingerprint density at radius 2 is 1.96 bits per heavy atom. The molecule has 0 spiro atoms. The van der Waals surface area contributed by atoms with E-state index in [9.17, 15) is 4.79 Å². The Morgan fingerprint density at radius 3 is 2.74 bits per heavy atom. The van der Waals surface area contributed by atoms with Crippen LogP contribution < -0.4 is 10.2 Å².